The predicted octanol–water partition coefficient (Wildman–Crippen LogP) is 2.40. The smallest absolute Gasteiger partial charge is 0.240 e. The molecule has 0 bridgehead atoms. The van der Waals surface area contributed by atoms with Crippen LogP contribution >= 0.6 is 0 Å². The van der Waals surface area contributed by atoms with E-state index >= 15 is 0 Å². The third-order valence-corrected chi connectivity index (χ3v) is 3.90. The summed E-state index contributed by atoms with van der Waals surface area (Å²) < 4.78 is 0. The third kappa shape index (κ3) is 3.16. The molecule has 3 heteroatoms. The van der Waals surface area contributed by atoms with Gasteiger partial charge < -0.3 is 11.1 Å². The first-order chi connectivity index (χ1) is 8.72. The molecule has 1 aliphatic rings. The van der Waals surface area contributed by atoms with Gasteiger partial charge in [-0.15, -0.1) is 0 Å². The minimum absolute atomic E-state index is 0.0203. The number of hydrogen-bond donors (Lipinski definition) is 2. The molecule has 3 nitrogen and oxygen atoms in total. The van der Waals surface area contributed by atoms with Crippen LogP contribution in [0.4, 0.5) is 0 Å². The van der Waals surface area contributed by atoms with Gasteiger partial charge in [-0.1, -0.05) is 39.0 Å². The maximum Gasteiger partial charge on any atom is 0.240 e. The summed E-state index contributed by atoms with van der Waals surface area (Å²) in [5.74, 6) is -0.0203. The van der Waals surface area contributed by atoms with E-state index in [1.807, 2.05) is 0 Å². The van der Waals surface area contributed by atoms with E-state index in [9.17, 15) is 4.79 Å². The van der Waals surface area contributed by atoms with Crippen LogP contribution in [-0.4, -0.2) is 11.4 Å². The Hall–Kier alpha value is -1.35. The highest BCUT2D eigenvalue weighted by atomic mass is 16.2. The van der Waals surface area contributed by atoms with Crippen molar-refractivity contribution in [1.29, 1.82) is 0 Å². The predicted molar refractivity (Wildman–Crippen MR) is 77.9 cm³/mol. The first kappa shape index (κ1) is 14.1. The standard InChI is InChI=1S/C16H24N2O/c1-11-5-6-13(15(2,3)4)9-12(11)10-18-14(19)16(17)7-8-16/h5-6,9H,7-8,10,17H2,1-4H3,(H,18,19). The fourth-order valence-electron chi connectivity index (χ4n) is 2.04. The number of carbonyl (C=O) groups is 1. The molecule has 1 aromatic rings. The average molecular weight is 260 g/mol. The van der Waals surface area contributed by atoms with Gasteiger partial charge in [0.2, 0.25) is 5.91 Å². The van der Waals surface area contributed by atoms with Crippen molar-refractivity contribution in [3.8, 4) is 0 Å². The Morgan fingerprint density at radius 1 is 1.37 bits per heavy atom. The maximum atomic E-state index is 11.9. The van der Waals surface area contributed by atoms with E-state index < -0.39 is 5.54 Å². The Bertz CT molecular complexity index is 496. The molecule has 0 heterocycles. The molecule has 104 valence electrons. The van der Waals surface area contributed by atoms with Crippen LogP contribution in [0.5, 0.6) is 0 Å². The zero-order valence-corrected chi connectivity index (χ0v) is 12.3. The molecule has 3 N–H and O–H groups in total. The van der Waals surface area contributed by atoms with Crippen LogP contribution < -0.4 is 11.1 Å². The van der Waals surface area contributed by atoms with E-state index in [-0.39, 0.29) is 11.3 Å². The number of nitrogens with two attached hydrogens (primary N) is 1. The lowest BCUT2D eigenvalue weighted by molar-refractivity contribution is -0.123. The van der Waals surface area contributed by atoms with E-state index in [1.54, 1.807) is 0 Å². The summed E-state index contributed by atoms with van der Waals surface area (Å²) in [6.45, 7) is 9.22. The molecule has 0 aliphatic heterocycles. The Balaban J connectivity index is 2.09. The second kappa shape index (κ2) is 4.64. The molecule has 1 fully saturated rings. The SMILES string of the molecule is Cc1ccc(C(C)(C)C)cc1CNC(=O)C1(N)CC1. The second-order valence-corrected chi connectivity index (χ2v) is 6.73. The summed E-state index contributed by atoms with van der Waals surface area (Å²) in [7, 11) is 0. The first-order valence-electron chi connectivity index (χ1n) is 6.90. The normalized spacial score (nSPS) is 17.1. The van der Waals surface area contributed by atoms with Crippen LogP contribution in [0, 0.1) is 6.92 Å². The van der Waals surface area contributed by atoms with E-state index in [0.29, 0.717) is 6.54 Å². The second-order valence-electron chi connectivity index (χ2n) is 6.73. The zero-order chi connectivity index (χ0) is 14.3. The van der Waals surface area contributed by atoms with Gasteiger partial charge in [0, 0.05) is 6.54 Å². The van der Waals surface area contributed by atoms with Crippen molar-refractivity contribution in [3.05, 3.63) is 34.9 Å². The molecule has 0 unspecified atom stereocenters. The van der Waals surface area contributed by atoms with E-state index in [0.717, 1.165) is 12.8 Å². The van der Waals surface area contributed by atoms with Crippen molar-refractivity contribution in [2.45, 2.75) is 58.0 Å². The van der Waals surface area contributed by atoms with Gasteiger partial charge in [0.25, 0.3) is 0 Å². The van der Waals surface area contributed by atoms with Crippen molar-refractivity contribution in [1.82, 2.24) is 5.32 Å². The number of nitrogens with one attached hydrogen (secondary N) is 1. The molecule has 0 spiro atoms. The van der Waals surface area contributed by atoms with Crippen LogP contribution in [0.15, 0.2) is 18.2 Å². The third-order valence-electron chi connectivity index (χ3n) is 3.90. The fraction of sp³-hybridized carbons (Fsp3) is 0.562. The molecule has 1 amide bonds. The molecule has 1 saturated carbocycles. The van der Waals surface area contributed by atoms with Crippen LogP contribution in [0.3, 0.4) is 0 Å². The summed E-state index contributed by atoms with van der Waals surface area (Å²) in [5.41, 5.74) is 9.08. The first-order valence-corrected chi connectivity index (χ1v) is 6.90. The number of hydrogen-bond acceptors (Lipinski definition) is 2. The van der Waals surface area contributed by atoms with Crippen LogP contribution in [0.25, 0.3) is 0 Å². The monoisotopic (exact) mass is 260 g/mol. The lowest BCUT2D eigenvalue weighted by Crippen LogP contribution is -2.42. The van der Waals surface area contributed by atoms with Gasteiger partial charge in [-0.25, -0.2) is 0 Å². The molecular weight excluding hydrogens is 236 g/mol. The highest BCUT2D eigenvalue weighted by Crippen LogP contribution is 2.32. The molecule has 1 aromatic carbocycles. The molecule has 0 aromatic heterocycles. The zero-order valence-electron chi connectivity index (χ0n) is 12.3. The quantitative estimate of drug-likeness (QED) is 0.877. The van der Waals surface area contributed by atoms with E-state index in [2.05, 4.69) is 51.2 Å². The molecule has 19 heavy (non-hydrogen) atoms. The molecule has 2 rings (SSSR count). The Morgan fingerprint density at radius 3 is 2.53 bits per heavy atom. The summed E-state index contributed by atoms with van der Waals surface area (Å²) >= 11 is 0. The van der Waals surface area contributed by atoms with E-state index in [1.165, 1.54) is 16.7 Å². The number of benzene rings is 1. The number of amides is 1. The molecule has 0 saturated heterocycles. The van der Waals surface area contributed by atoms with Crippen molar-refractivity contribution < 1.29 is 4.79 Å². The van der Waals surface area contributed by atoms with Crippen molar-refractivity contribution in [2.24, 2.45) is 5.73 Å². The molecular formula is C16H24N2O. The topological polar surface area (TPSA) is 55.1 Å². The summed E-state index contributed by atoms with van der Waals surface area (Å²) in [6.07, 6.45) is 1.61. The van der Waals surface area contributed by atoms with Gasteiger partial charge in [-0.2, -0.15) is 0 Å². The Morgan fingerprint density at radius 2 is 2.00 bits per heavy atom. The molecule has 0 radical (unpaired) electrons. The fourth-order valence-corrected chi connectivity index (χ4v) is 2.04. The highest BCUT2D eigenvalue weighted by molar-refractivity contribution is 5.88. The molecule has 0 atom stereocenters. The number of rotatable bonds is 3. The van der Waals surface area contributed by atoms with Crippen LogP contribution in [-0.2, 0) is 16.8 Å². The van der Waals surface area contributed by atoms with Crippen molar-refractivity contribution in [3.63, 3.8) is 0 Å². The average Bonchev–Trinajstić information content (AvgIpc) is 3.05. The minimum Gasteiger partial charge on any atom is -0.350 e. The summed E-state index contributed by atoms with van der Waals surface area (Å²) in [5, 5.41) is 2.96. The summed E-state index contributed by atoms with van der Waals surface area (Å²) in [6, 6.07) is 6.47. The number of carbonyl (C=O) groups excluding carboxylic acids is 1. The minimum atomic E-state index is -0.588. The van der Waals surface area contributed by atoms with Gasteiger partial charge in [-0.05, 0) is 41.9 Å². The van der Waals surface area contributed by atoms with Crippen LogP contribution in [0.2, 0.25) is 0 Å². The van der Waals surface area contributed by atoms with E-state index in [4.69, 9.17) is 5.73 Å². The summed E-state index contributed by atoms with van der Waals surface area (Å²) in [4.78, 5) is 11.9. The van der Waals surface area contributed by atoms with Gasteiger partial charge in [-0.3, -0.25) is 4.79 Å². The maximum absolute atomic E-state index is 11.9. The van der Waals surface area contributed by atoms with Gasteiger partial charge in [0.05, 0.1) is 5.54 Å². The Kier molecular flexibility index (Phi) is 3.43. The van der Waals surface area contributed by atoms with Gasteiger partial charge >= 0.3 is 0 Å². The van der Waals surface area contributed by atoms with Gasteiger partial charge in [0.1, 0.15) is 0 Å². The molecule has 1 aliphatic carbocycles. The number of aryl methyl sites for hydroxylation is 1. The van der Waals surface area contributed by atoms with Gasteiger partial charge in [0.15, 0.2) is 0 Å². The lowest BCUT2D eigenvalue weighted by Gasteiger charge is -2.21. The van der Waals surface area contributed by atoms with Crippen molar-refractivity contribution >= 4 is 5.91 Å². The van der Waals surface area contributed by atoms with Crippen LogP contribution in [0.1, 0.15) is 50.3 Å². The highest BCUT2D eigenvalue weighted by Gasteiger charge is 2.45. The Labute approximate surface area is 115 Å². The van der Waals surface area contributed by atoms with Crippen molar-refractivity contribution in [2.75, 3.05) is 0 Å². The lowest BCUT2D eigenvalue weighted by atomic mass is 9.85. The largest absolute Gasteiger partial charge is 0.350 e.